The van der Waals surface area contributed by atoms with E-state index in [0.717, 1.165) is 21.6 Å². The van der Waals surface area contributed by atoms with Gasteiger partial charge in [-0.3, -0.25) is 4.79 Å². The lowest BCUT2D eigenvalue weighted by atomic mass is 9.75. The van der Waals surface area contributed by atoms with Crippen molar-refractivity contribution < 1.29 is 46.3 Å². The summed E-state index contributed by atoms with van der Waals surface area (Å²) in [7, 11) is 0.973. The van der Waals surface area contributed by atoms with Crippen LogP contribution in [0.5, 0.6) is 0 Å². The molecule has 5 aromatic rings. The number of carboxylic acid groups (broad SMARTS) is 1. The van der Waals surface area contributed by atoms with Gasteiger partial charge in [0.2, 0.25) is 5.76 Å². The standard InChI is InChI=1S/C17H25BO4.C8H6N2O2.C7H8BrN.C6H4BrF3O/c1-15(2,14(19)20-7)12-9-8-10-13(11-12)18-21-16(3,4)17(5,6)22-18;11-8(12)6-2-1-5-10-7(6)3-4-9-10;8-7-3-1-6(5-9)2-4-7;7-3-4-1-2-5(11-4)6(8,9)10/h8-11H,1-7H3;1-5H,(H,11,12);1-4H,5,9H2;1-2H,3H2. The molecule has 1 aliphatic heterocycles. The van der Waals surface area contributed by atoms with Gasteiger partial charge in [0, 0.05) is 17.2 Å². The summed E-state index contributed by atoms with van der Waals surface area (Å²) >= 11 is 6.31. The summed E-state index contributed by atoms with van der Waals surface area (Å²) < 4.78 is 59.6. The Bertz CT molecular complexity index is 1980. The quantitative estimate of drug-likeness (QED) is 0.0976. The molecule has 10 nitrogen and oxygen atoms in total. The fourth-order valence-electron chi connectivity index (χ4n) is 4.78. The Balaban J connectivity index is 0.000000208. The van der Waals surface area contributed by atoms with Gasteiger partial charge in [-0.15, -0.1) is 0 Å². The highest BCUT2D eigenvalue weighted by atomic mass is 79.9. The average Bonchev–Trinajstić information content (AvgIpc) is 3.87. The molecule has 0 radical (unpaired) electrons. The number of nitrogens with two attached hydrogens (primary N) is 1. The van der Waals surface area contributed by atoms with Gasteiger partial charge in [0.15, 0.2) is 0 Å². The number of aromatic carboxylic acids is 1. The molecule has 2 aromatic carbocycles. The monoisotopic (exact) mass is 879 g/mol. The van der Waals surface area contributed by atoms with Gasteiger partial charge in [0.1, 0.15) is 5.76 Å². The second-order valence-corrected chi connectivity index (χ2v) is 14.9. The minimum absolute atomic E-state index is 0.265. The van der Waals surface area contributed by atoms with Gasteiger partial charge >= 0.3 is 25.2 Å². The zero-order valence-electron chi connectivity index (χ0n) is 30.9. The molecule has 16 heteroatoms. The minimum atomic E-state index is -4.37. The van der Waals surface area contributed by atoms with Crippen LogP contribution in [-0.4, -0.2) is 52.1 Å². The first kappa shape index (κ1) is 44.4. The number of hydrogen-bond donors (Lipinski definition) is 2. The molecular weight excluding hydrogens is 838 g/mol. The lowest BCUT2D eigenvalue weighted by Gasteiger charge is -2.32. The molecule has 1 aliphatic rings. The van der Waals surface area contributed by atoms with Crippen LogP contribution in [0.15, 0.2) is 100 Å². The molecule has 0 atom stereocenters. The molecule has 0 amide bonds. The van der Waals surface area contributed by atoms with E-state index in [4.69, 9.17) is 24.9 Å². The summed E-state index contributed by atoms with van der Waals surface area (Å²) in [4.78, 5) is 22.7. The highest BCUT2D eigenvalue weighted by molar-refractivity contribution is 9.10. The Labute approximate surface area is 329 Å². The van der Waals surface area contributed by atoms with E-state index in [0.29, 0.717) is 17.4 Å². The third kappa shape index (κ3) is 11.5. The van der Waals surface area contributed by atoms with E-state index in [9.17, 15) is 22.8 Å². The van der Waals surface area contributed by atoms with Gasteiger partial charge in [-0.2, -0.15) is 18.3 Å². The number of furan rings is 1. The normalized spacial score (nSPS) is 14.5. The van der Waals surface area contributed by atoms with Crippen molar-refractivity contribution in [3.63, 3.8) is 0 Å². The Morgan fingerprint density at radius 3 is 2.09 bits per heavy atom. The van der Waals surface area contributed by atoms with Crippen LogP contribution in [0.1, 0.15) is 74.5 Å². The minimum Gasteiger partial charge on any atom is -0.478 e. The van der Waals surface area contributed by atoms with E-state index in [1.54, 1.807) is 30.6 Å². The number of nitrogens with zero attached hydrogens (tertiary/aromatic N) is 2. The number of methoxy groups -OCH3 is 1. The number of hydrogen-bond acceptors (Lipinski definition) is 8. The van der Waals surface area contributed by atoms with Gasteiger partial charge in [-0.1, -0.05) is 68.3 Å². The summed E-state index contributed by atoms with van der Waals surface area (Å²) in [5.41, 5.74) is 7.75. The van der Waals surface area contributed by atoms with Crippen molar-refractivity contribution in [2.24, 2.45) is 5.73 Å². The number of rotatable bonds is 6. The Hall–Kier alpha value is -3.96. The third-order valence-corrected chi connectivity index (χ3v) is 9.80. The number of benzene rings is 2. The molecule has 6 rings (SSSR count). The molecule has 0 bridgehead atoms. The van der Waals surface area contributed by atoms with Gasteiger partial charge in [-0.05, 0) is 101 Å². The predicted octanol–water partition coefficient (Wildman–Crippen LogP) is 8.57. The molecular formula is C38H43BBr2F3N3O7. The van der Waals surface area contributed by atoms with E-state index in [-0.39, 0.29) is 28.5 Å². The molecule has 0 spiro atoms. The number of esters is 1. The predicted molar refractivity (Wildman–Crippen MR) is 208 cm³/mol. The molecule has 1 saturated heterocycles. The zero-order valence-corrected chi connectivity index (χ0v) is 34.1. The Kier molecular flexibility index (Phi) is 15.3. The molecule has 3 aromatic heterocycles. The second-order valence-electron chi connectivity index (χ2n) is 13.4. The lowest BCUT2D eigenvalue weighted by Crippen LogP contribution is -2.41. The molecule has 290 valence electrons. The van der Waals surface area contributed by atoms with Crippen molar-refractivity contribution in [1.82, 2.24) is 9.61 Å². The fourth-order valence-corrected chi connectivity index (χ4v) is 5.35. The van der Waals surface area contributed by atoms with Crippen LogP contribution >= 0.6 is 31.9 Å². The summed E-state index contributed by atoms with van der Waals surface area (Å²) in [6, 6.07) is 22.8. The topological polar surface area (TPSA) is 139 Å². The summed E-state index contributed by atoms with van der Waals surface area (Å²) in [6.45, 7) is 12.4. The molecule has 4 heterocycles. The van der Waals surface area contributed by atoms with Gasteiger partial charge < -0.3 is 29.3 Å². The average molecular weight is 881 g/mol. The van der Waals surface area contributed by atoms with E-state index < -0.39 is 30.4 Å². The molecule has 0 saturated carbocycles. The van der Waals surface area contributed by atoms with Crippen LogP contribution in [0.2, 0.25) is 0 Å². The van der Waals surface area contributed by atoms with E-state index in [1.165, 1.54) is 23.3 Å². The van der Waals surface area contributed by atoms with Crippen molar-refractivity contribution in [1.29, 1.82) is 0 Å². The SMILES string of the molecule is COC(=O)C(C)(C)c1cccc(B2OC(C)(C)C(C)(C)O2)c1.FC(F)(F)c1ccc(CBr)o1.NCc1ccc(Br)cc1.O=C(O)c1cccn2nccc12. The molecule has 54 heavy (non-hydrogen) atoms. The maximum Gasteiger partial charge on any atom is 0.494 e. The molecule has 1 fully saturated rings. The van der Waals surface area contributed by atoms with Gasteiger partial charge in [-0.25, -0.2) is 9.31 Å². The van der Waals surface area contributed by atoms with Gasteiger partial charge in [0.25, 0.3) is 0 Å². The molecule has 0 aliphatic carbocycles. The van der Waals surface area contributed by atoms with E-state index in [2.05, 4.69) is 41.4 Å². The fraction of sp³-hybridized carbons (Fsp3) is 0.342. The van der Waals surface area contributed by atoms with Crippen molar-refractivity contribution in [2.75, 3.05) is 7.11 Å². The maximum atomic E-state index is 12.0. The van der Waals surface area contributed by atoms with Crippen LogP contribution in [0, 0.1) is 0 Å². The van der Waals surface area contributed by atoms with Crippen LogP contribution in [0.25, 0.3) is 5.52 Å². The zero-order chi connectivity index (χ0) is 40.5. The van der Waals surface area contributed by atoms with E-state index in [1.807, 2.05) is 90.1 Å². The number of carbonyl (C=O) groups excluding carboxylic acids is 1. The van der Waals surface area contributed by atoms with Crippen LogP contribution < -0.4 is 11.2 Å². The largest absolute Gasteiger partial charge is 0.494 e. The smallest absolute Gasteiger partial charge is 0.478 e. The van der Waals surface area contributed by atoms with E-state index >= 15 is 0 Å². The number of aromatic nitrogens is 2. The van der Waals surface area contributed by atoms with Crippen LogP contribution in [0.4, 0.5) is 13.2 Å². The van der Waals surface area contributed by atoms with Crippen LogP contribution in [0.3, 0.4) is 0 Å². The van der Waals surface area contributed by atoms with Crippen molar-refractivity contribution in [3.8, 4) is 0 Å². The second kappa shape index (κ2) is 18.6. The number of carbonyl (C=O) groups is 2. The number of carboxylic acids is 1. The van der Waals surface area contributed by atoms with Crippen molar-refractivity contribution >= 4 is 61.9 Å². The number of fused-ring (bicyclic) bond motifs is 1. The Morgan fingerprint density at radius 1 is 0.963 bits per heavy atom. The number of alkyl halides is 4. The Morgan fingerprint density at radius 2 is 1.59 bits per heavy atom. The van der Waals surface area contributed by atoms with Gasteiger partial charge in [0.05, 0.1) is 46.3 Å². The number of halogens is 5. The number of ether oxygens (including phenoxy) is 1. The van der Waals surface area contributed by atoms with Crippen molar-refractivity contribution in [2.45, 2.75) is 76.2 Å². The third-order valence-electron chi connectivity index (χ3n) is 8.72. The summed E-state index contributed by atoms with van der Waals surface area (Å²) in [5, 5.41) is 13.0. The number of pyridine rings is 1. The maximum absolute atomic E-state index is 12.0. The molecule has 0 unspecified atom stereocenters. The first-order valence-electron chi connectivity index (χ1n) is 16.5. The van der Waals surface area contributed by atoms with Crippen molar-refractivity contribution in [3.05, 3.63) is 124 Å². The highest BCUT2D eigenvalue weighted by Gasteiger charge is 2.52. The lowest BCUT2D eigenvalue weighted by molar-refractivity contribution is -0.153. The first-order valence-corrected chi connectivity index (χ1v) is 18.4. The highest BCUT2D eigenvalue weighted by Crippen LogP contribution is 2.37. The summed E-state index contributed by atoms with van der Waals surface area (Å²) in [6.07, 6.45) is -1.09. The summed E-state index contributed by atoms with van der Waals surface area (Å²) in [5.74, 6) is -1.87. The molecule has 3 N–H and O–H groups in total. The first-order chi connectivity index (χ1) is 25.2. The van der Waals surface area contributed by atoms with Crippen LogP contribution in [-0.2, 0) is 42.3 Å².